The van der Waals surface area contributed by atoms with E-state index in [0.717, 1.165) is 11.4 Å². The molecule has 0 spiro atoms. The van der Waals surface area contributed by atoms with Crippen LogP contribution < -0.4 is 0 Å². The molecule has 6 rings (SSSR count). The first-order valence-corrected chi connectivity index (χ1v) is 17.0. The minimum Gasteiger partial charge on any atom is -0.273 e. The molecule has 1 aliphatic carbocycles. The summed E-state index contributed by atoms with van der Waals surface area (Å²) >= 11 is 7.40. The van der Waals surface area contributed by atoms with E-state index in [-0.39, 0.29) is 10.8 Å². The summed E-state index contributed by atoms with van der Waals surface area (Å²) in [5.41, 5.74) is 9.85. The number of rotatable bonds is 2. The molecule has 224 valence electrons. The summed E-state index contributed by atoms with van der Waals surface area (Å²) in [5.74, 6) is 0. The van der Waals surface area contributed by atoms with E-state index in [1.54, 1.807) is 0 Å². The van der Waals surface area contributed by atoms with Gasteiger partial charge in [-0.3, -0.25) is 6.08 Å². The number of halogens is 1. The van der Waals surface area contributed by atoms with Crippen LogP contribution in [-0.2, 0) is 35.1 Å². The van der Waals surface area contributed by atoms with Crippen molar-refractivity contribution in [1.82, 2.24) is 0 Å². The van der Waals surface area contributed by atoms with Crippen molar-refractivity contribution >= 4 is 36.4 Å². The first-order valence-electron chi connectivity index (χ1n) is 15.4. The monoisotopic (exact) mass is 674 g/mol. The van der Waals surface area contributed by atoms with Crippen LogP contribution in [-0.4, -0.2) is 3.21 Å². The van der Waals surface area contributed by atoms with E-state index in [9.17, 15) is 0 Å². The van der Waals surface area contributed by atoms with Gasteiger partial charge in [0.05, 0.1) is 0 Å². The number of hydrogen-bond donors (Lipinski definition) is 0. The first kappa shape index (κ1) is 34.2. The standard InChI is InChI=1S/C23H29.C14H11Cl.C5H5.Zr/c1-14-9-16-11-17-10-15(2)21(23(6,7)8)13-19(17)18(16)12-20(14)22(3,4)5;1-11-5-7-12(8-6-11)9-13-3-2-4-14(15)10-13;1-2-4-5-3-1;/h9-13H,1-8H3;2-8,10H,1H3;1-3H,4H2;/q-1;;-1;+2. The molecule has 2 heteroatoms. The van der Waals surface area contributed by atoms with E-state index in [1.807, 2.05) is 30.4 Å². The first-order chi connectivity index (χ1) is 20.6. The molecule has 0 N–H and O–H groups in total. The second kappa shape index (κ2) is 14.1. The zero-order chi connectivity index (χ0) is 32.2. The van der Waals surface area contributed by atoms with E-state index in [0.29, 0.717) is 0 Å². The van der Waals surface area contributed by atoms with Gasteiger partial charge in [0.1, 0.15) is 0 Å². The number of hydrogen-bond acceptors (Lipinski definition) is 0. The van der Waals surface area contributed by atoms with Crippen molar-refractivity contribution in [3.05, 3.63) is 147 Å². The van der Waals surface area contributed by atoms with Gasteiger partial charge < -0.3 is 0 Å². The third-order valence-electron chi connectivity index (χ3n) is 8.05. The van der Waals surface area contributed by atoms with Gasteiger partial charge in [-0.1, -0.05) is 75.9 Å². The van der Waals surface area contributed by atoms with E-state index in [2.05, 4.69) is 135 Å². The van der Waals surface area contributed by atoms with Crippen molar-refractivity contribution in [3.8, 4) is 0 Å². The van der Waals surface area contributed by atoms with Gasteiger partial charge >= 0.3 is 116 Å². The minimum absolute atomic E-state index is 0.180. The zero-order valence-corrected chi connectivity index (χ0v) is 31.0. The van der Waals surface area contributed by atoms with E-state index < -0.39 is 0 Å². The van der Waals surface area contributed by atoms with Crippen molar-refractivity contribution < 1.29 is 24.2 Å². The third kappa shape index (κ3) is 8.50. The Labute approximate surface area is 285 Å². The average Bonchev–Trinajstić information content (AvgIpc) is 3.63. The van der Waals surface area contributed by atoms with E-state index in [4.69, 9.17) is 11.6 Å². The number of benzene rings is 4. The molecule has 1 aliphatic rings. The van der Waals surface area contributed by atoms with Gasteiger partial charge in [-0.05, 0) is 24.7 Å². The molecule has 0 nitrogen and oxygen atoms in total. The Hall–Kier alpha value is -2.73. The molecule has 0 bridgehead atoms. The maximum atomic E-state index is 6.00. The van der Waals surface area contributed by atoms with Gasteiger partial charge in [-0.25, -0.2) is 12.2 Å². The minimum atomic E-state index is 0.180. The zero-order valence-electron chi connectivity index (χ0n) is 27.8. The molecule has 0 radical (unpaired) electrons. The molecule has 0 amide bonds. The molecule has 0 saturated heterocycles. The molecule has 0 fully saturated rings. The van der Waals surface area contributed by atoms with Crippen molar-refractivity contribution in [2.24, 2.45) is 0 Å². The van der Waals surface area contributed by atoms with Crippen LogP contribution >= 0.6 is 11.6 Å². The quantitative estimate of drug-likeness (QED) is 0.163. The van der Waals surface area contributed by atoms with Crippen LogP contribution in [0.2, 0.25) is 5.02 Å². The van der Waals surface area contributed by atoms with Crippen LogP contribution in [0, 0.1) is 26.8 Å². The maximum absolute atomic E-state index is 6.00. The number of allylic oxidation sites excluding steroid dienone is 4. The molecule has 5 aromatic rings. The molecule has 0 aromatic heterocycles. The van der Waals surface area contributed by atoms with E-state index in [1.165, 1.54) is 87.9 Å². The Morgan fingerprint density at radius 2 is 1.27 bits per heavy atom. The largest absolute Gasteiger partial charge is 0.273 e. The summed E-state index contributed by atoms with van der Waals surface area (Å²) in [7, 11) is 0. The van der Waals surface area contributed by atoms with Gasteiger partial charge in [0.25, 0.3) is 0 Å². The summed E-state index contributed by atoms with van der Waals surface area (Å²) in [6.07, 6.45) is 10.0. The van der Waals surface area contributed by atoms with Gasteiger partial charge in [0, 0.05) is 0 Å². The normalized spacial score (nSPS) is 12.6. The fraction of sp³-hybridized carbons (Fsp3) is 0.286. The number of aryl methyl sites for hydroxylation is 3. The van der Waals surface area contributed by atoms with Crippen LogP contribution in [0.3, 0.4) is 0 Å². The predicted octanol–water partition coefficient (Wildman–Crippen LogP) is 12.0. The van der Waals surface area contributed by atoms with Crippen molar-refractivity contribution in [3.63, 3.8) is 0 Å². The van der Waals surface area contributed by atoms with Gasteiger partial charge in [-0.2, -0.15) is 6.08 Å². The van der Waals surface area contributed by atoms with Crippen molar-refractivity contribution in [2.45, 2.75) is 79.6 Å². The predicted molar refractivity (Wildman–Crippen MR) is 191 cm³/mol. The molecule has 5 aromatic carbocycles. The molecule has 0 saturated carbocycles. The summed E-state index contributed by atoms with van der Waals surface area (Å²) in [5, 5.41) is 6.35. The van der Waals surface area contributed by atoms with Gasteiger partial charge in [0.15, 0.2) is 0 Å². The smallest absolute Gasteiger partial charge is 0.109 e. The van der Waals surface area contributed by atoms with Crippen LogP contribution in [0.15, 0.2) is 97.1 Å². The molecule has 44 heavy (non-hydrogen) atoms. The van der Waals surface area contributed by atoms with Crippen LogP contribution in [0.1, 0.15) is 86.9 Å². The topological polar surface area (TPSA) is 0 Å². The van der Waals surface area contributed by atoms with Crippen LogP contribution in [0.5, 0.6) is 0 Å². The van der Waals surface area contributed by atoms with Crippen molar-refractivity contribution in [2.75, 3.05) is 0 Å². The van der Waals surface area contributed by atoms with Crippen molar-refractivity contribution in [1.29, 1.82) is 0 Å². The summed E-state index contributed by atoms with van der Waals surface area (Å²) in [4.78, 5) is 0. The SMILES string of the molecule is Cc1cc2[cH-]c3cc(C)c(C(C)(C)C)cc3c2cc1C(C)(C)C.Cc1ccc([C](=[Zr+2])c2cccc(Cl)c2)cc1.[C-]1=CC=CC1. The Morgan fingerprint density at radius 3 is 1.68 bits per heavy atom. The second-order valence-electron chi connectivity index (χ2n) is 13.9. The van der Waals surface area contributed by atoms with Gasteiger partial charge in [0.2, 0.25) is 0 Å². The maximum Gasteiger partial charge on any atom is -0.109 e. The Kier molecular flexibility index (Phi) is 11.0. The Bertz CT molecular complexity index is 1750. The molecular weight excluding hydrogens is 631 g/mol. The number of fused-ring (bicyclic) bond motifs is 3. The summed E-state index contributed by atoms with van der Waals surface area (Å²) < 4.78 is 1.34. The molecular formula is C42H45ClZr. The van der Waals surface area contributed by atoms with Crippen LogP contribution in [0.4, 0.5) is 0 Å². The van der Waals surface area contributed by atoms with Gasteiger partial charge in [-0.15, -0.1) is 46.2 Å². The average molecular weight is 676 g/mol. The fourth-order valence-electron chi connectivity index (χ4n) is 5.82. The molecule has 0 unspecified atom stereocenters. The fourth-order valence-corrected chi connectivity index (χ4v) is 6.80. The van der Waals surface area contributed by atoms with Crippen LogP contribution in [0.25, 0.3) is 21.5 Å². The molecule has 0 aliphatic heterocycles. The Morgan fingerprint density at radius 1 is 0.727 bits per heavy atom. The second-order valence-corrected chi connectivity index (χ2v) is 15.6. The Balaban J connectivity index is 0.000000181. The summed E-state index contributed by atoms with van der Waals surface area (Å²) in [6, 6.07) is 28.6. The molecule has 0 heterocycles. The molecule has 0 atom stereocenters. The third-order valence-corrected chi connectivity index (χ3v) is 9.70. The van der Waals surface area contributed by atoms with E-state index >= 15 is 0 Å². The summed E-state index contributed by atoms with van der Waals surface area (Å²) in [6.45, 7) is 20.4.